The molecule has 8 heteroatoms. The highest BCUT2D eigenvalue weighted by atomic mass is 79.9. The van der Waals surface area contributed by atoms with Crippen molar-refractivity contribution in [1.29, 1.82) is 0 Å². The normalized spacial score (nSPS) is 10.2. The zero-order chi connectivity index (χ0) is 14.7. The van der Waals surface area contributed by atoms with Gasteiger partial charge in [0.25, 0.3) is 5.91 Å². The molecular weight excluding hydrogens is 326 g/mol. The molecule has 0 saturated carbocycles. The molecule has 1 aromatic heterocycles. The van der Waals surface area contributed by atoms with Crippen molar-refractivity contribution in [2.45, 2.75) is 6.54 Å². The summed E-state index contributed by atoms with van der Waals surface area (Å²) in [7, 11) is 0. The highest BCUT2D eigenvalue weighted by Crippen LogP contribution is 2.19. The molecule has 1 heterocycles. The van der Waals surface area contributed by atoms with E-state index in [0.717, 1.165) is 4.47 Å². The smallest absolute Gasteiger partial charge is 0.257 e. The fraction of sp³-hybridized carbons (Fsp3) is 0.0833. The lowest BCUT2D eigenvalue weighted by molar-refractivity contribution is -0.118. The summed E-state index contributed by atoms with van der Waals surface area (Å²) >= 11 is 3.27. The number of amides is 2. The molecule has 0 atom stereocenters. The molecule has 0 aliphatic rings. The van der Waals surface area contributed by atoms with Crippen LogP contribution in [0.15, 0.2) is 35.1 Å². The maximum Gasteiger partial charge on any atom is 0.257 e. The molecule has 0 spiro atoms. The summed E-state index contributed by atoms with van der Waals surface area (Å²) in [5.74, 6) is -0.864. The number of nitrogens with one attached hydrogen (secondary N) is 1. The number of hydrogen-bond donors (Lipinski definition) is 3. The molecule has 2 aromatic rings. The highest BCUT2D eigenvalue weighted by molar-refractivity contribution is 9.10. The van der Waals surface area contributed by atoms with Gasteiger partial charge in [0.15, 0.2) is 0 Å². The maximum atomic E-state index is 12.0. The van der Waals surface area contributed by atoms with Crippen molar-refractivity contribution in [2.75, 3.05) is 11.1 Å². The second-order valence-electron chi connectivity index (χ2n) is 4.08. The van der Waals surface area contributed by atoms with Gasteiger partial charge in [-0.25, -0.2) is 0 Å². The molecule has 0 unspecified atom stereocenters. The van der Waals surface area contributed by atoms with Gasteiger partial charge >= 0.3 is 0 Å². The van der Waals surface area contributed by atoms with Crippen molar-refractivity contribution >= 4 is 39.1 Å². The Bertz CT molecular complexity index is 668. The van der Waals surface area contributed by atoms with E-state index in [1.54, 1.807) is 18.2 Å². The lowest BCUT2D eigenvalue weighted by Gasteiger charge is -2.06. The van der Waals surface area contributed by atoms with Crippen molar-refractivity contribution in [3.63, 3.8) is 0 Å². The molecule has 0 aliphatic carbocycles. The number of halogens is 1. The second kappa shape index (κ2) is 5.74. The van der Waals surface area contributed by atoms with Crippen LogP contribution in [0.1, 0.15) is 10.4 Å². The molecule has 0 bridgehead atoms. The number of carbonyl (C=O) groups excluding carboxylic acids is 2. The average Bonchev–Trinajstić information content (AvgIpc) is 2.75. The quantitative estimate of drug-likeness (QED) is 0.720. The number of anilines is 2. The van der Waals surface area contributed by atoms with E-state index in [4.69, 9.17) is 11.5 Å². The van der Waals surface area contributed by atoms with Crippen LogP contribution in [0.25, 0.3) is 0 Å². The van der Waals surface area contributed by atoms with Crippen LogP contribution in [0.3, 0.4) is 0 Å². The number of aromatic nitrogens is 2. The van der Waals surface area contributed by atoms with E-state index >= 15 is 0 Å². The minimum Gasteiger partial charge on any atom is -0.398 e. The zero-order valence-electron chi connectivity index (χ0n) is 10.3. The van der Waals surface area contributed by atoms with Gasteiger partial charge < -0.3 is 16.8 Å². The van der Waals surface area contributed by atoms with E-state index in [-0.39, 0.29) is 12.5 Å². The predicted octanol–water partition coefficient (Wildman–Crippen LogP) is 0.965. The molecule has 1 aromatic carbocycles. The first-order valence-corrected chi connectivity index (χ1v) is 6.42. The number of rotatable bonds is 4. The molecule has 0 radical (unpaired) electrons. The molecule has 0 fully saturated rings. The number of carbonyl (C=O) groups is 2. The van der Waals surface area contributed by atoms with Crippen LogP contribution in [0, 0.1) is 0 Å². The zero-order valence-corrected chi connectivity index (χ0v) is 11.9. The maximum absolute atomic E-state index is 12.0. The van der Waals surface area contributed by atoms with E-state index in [1.165, 1.54) is 17.1 Å². The molecule has 2 rings (SSSR count). The lowest BCUT2D eigenvalue weighted by Crippen LogP contribution is -2.18. The first kappa shape index (κ1) is 14.1. The Hall–Kier alpha value is -2.35. The van der Waals surface area contributed by atoms with Crippen LogP contribution in [-0.2, 0) is 11.3 Å². The molecular formula is C12H12BrN5O2. The Labute approximate surface area is 123 Å². The Kier molecular flexibility index (Phi) is 4.04. The third-order valence-electron chi connectivity index (χ3n) is 2.47. The van der Waals surface area contributed by atoms with E-state index in [9.17, 15) is 9.59 Å². The van der Waals surface area contributed by atoms with Gasteiger partial charge in [0.1, 0.15) is 6.54 Å². The van der Waals surface area contributed by atoms with Gasteiger partial charge in [0.2, 0.25) is 5.91 Å². The third kappa shape index (κ3) is 3.35. The van der Waals surface area contributed by atoms with Crippen molar-refractivity contribution in [1.82, 2.24) is 9.78 Å². The third-order valence-corrected chi connectivity index (χ3v) is 2.96. The number of primary amides is 1. The van der Waals surface area contributed by atoms with Gasteiger partial charge in [-0.1, -0.05) is 15.9 Å². The van der Waals surface area contributed by atoms with Crippen LogP contribution < -0.4 is 16.8 Å². The van der Waals surface area contributed by atoms with E-state index in [0.29, 0.717) is 16.9 Å². The Morgan fingerprint density at radius 2 is 2.15 bits per heavy atom. The van der Waals surface area contributed by atoms with Gasteiger partial charge in [0, 0.05) is 16.4 Å². The SMILES string of the molecule is NC(=O)Cn1cc(NC(=O)c2ccc(Br)cc2N)cn1. The first-order chi connectivity index (χ1) is 9.45. The highest BCUT2D eigenvalue weighted by Gasteiger charge is 2.11. The monoisotopic (exact) mass is 337 g/mol. The lowest BCUT2D eigenvalue weighted by atomic mass is 10.1. The van der Waals surface area contributed by atoms with Gasteiger partial charge in [0.05, 0.1) is 17.4 Å². The molecule has 0 aliphatic heterocycles. The number of hydrogen-bond acceptors (Lipinski definition) is 4. The summed E-state index contributed by atoms with van der Waals surface area (Å²) in [5, 5.41) is 6.54. The van der Waals surface area contributed by atoms with Crippen molar-refractivity contribution in [2.24, 2.45) is 5.73 Å². The predicted molar refractivity (Wildman–Crippen MR) is 77.9 cm³/mol. The Morgan fingerprint density at radius 1 is 1.40 bits per heavy atom. The van der Waals surface area contributed by atoms with E-state index in [2.05, 4.69) is 26.3 Å². The Balaban J connectivity index is 2.11. The van der Waals surface area contributed by atoms with Crippen molar-refractivity contribution in [3.8, 4) is 0 Å². The fourth-order valence-electron chi connectivity index (χ4n) is 1.61. The minimum absolute atomic E-state index is 0.0453. The van der Waals surface area contributed by atoms with Crippen LogP contribution in [0.5, 0.6) is 0 Å². The van der Waals surface area contributed by atoms with E-state index < -0.39 is 5.91 Å². The van der Waals surface area contributed by atoms with Crippen LogP contribution >= 0.6 is 15.9 Å². The number of nitrogen functional groups attached to an aromatic ring is 1. The number of nitrogens with zero attached hydrogens (tertiary/aromatic N) is 2. The summed E-state index contributed by atoms with van der Waals surface area (Å²) in [6, 6.07) is 4.98. The van der Waals surface area contributed by atoms with Gasteiger partial charge in [-0.2, -0.15) is 5.10 Å². The summed E-state index contributed by atoms with van der Waals surface area (Å²) in [6.07, 6.45) is 2.94. The van der Waals surface area contributed by atoms with Crippen molar-refractivity contribution < 1.29 is 9.59 Å². The van der Waals surface area contributed by atoms with Gasteiger partial charge in [-0.15, -0.1) is 0 Å². The second-order valence-corrected chi connectivity index (χ2v) is 4.99. The number of benzene rings is 1. The van der Waals surface area contributed by atoms with Gasteiger partial charge in [-0.3, -0.25) is 14.3 Å². The number of nitrogens with two attached hydrogens (primary N) is 2. The van der Waals surface area contributed by atoms with Crippen LogP contribution in [0.4, 0.5) is 11.4 Å². The van der Waals surface area contributed by atoms with Gasteiger partial charge in [-0.05, 0) is 18.2 Å². The molecule has 20 heavy (non-hydrogen) atoms. The largest absolute Gasteiger partial charge is 0.398 e. The average molecular weight is 338 g/mol. The fourth-order valence-corrected chi connectivity index (χ4v) is 1.99. The summed E-state index contributed by atoms with van der Waals surface area (Å²) < 4.78 is 2.13. The summed E-state index contributed by atoms with van der Waals surface area (Å²) in [5.41, 5.74) is 12.0. The molecule has 5 N–H and O–H groups in total. The topological polar surface area (TPSA) is 116 Å². The Morgan fingerprint density at radius 3 is 2.80 bits per heavy atom. The molecule has 0 saturated heterocycles. The standard InChI is InChI=1S/C12H12BrN5O2/c13-7-1-2-9(10(14)3-7)12(20)17-8-4-16-18(5-8)6-11(15)19/h1-5H,6,14H2,(H2,15,19)(H,17,20). The first-order valence-electron chi connectivity index (χ1n) is 5.63. The summed E-state index contributed by atoms with van der Waals surface area (Å²) in [4.78, 5) is 22.8. The molecule has 104 valence electrons. The molecule has 2 amide bonds. The van der Waals surface area contributed by atoms with Crippen molar-refractivity contribution in [3.05, 3.63) is 40.6 Å². The summed E-state index contributed by atoms with van der Waals surface area (Å²) in [6.45, 7) is -0.0453. The minimum atomic E-state index is -0.511. The van der Waals surface area contributed by atoms with Crippen LogP contribution in [-0.4, -0.2) is 21.6 Å². The van der Waals surface area contributed by atoms with Crippen LogP contribution in [0.2, 0.25) is 0 Å². The molecule has 7 nitrogen and oxygen atoms in total. The van der Waals surface area contributed by atoms with E-state index in [1.807, 2.05) is 0 Å².